The van der Waals surface area contributed by atoms with Gasteiger partial charge in [-0.1, -0.05) is 11.6 Å². The number of benzene rings is 1. The third kappa shape index (κ3) is 4.69. The third-order valence-electron chi connectivity index (χ3n) is 3.28. The summed E-state index contributed by atoms with van der Waals surface area (Å²) in [5.74, 6) is -1.28. The van der Waals surface area contributed by atoms with Crippen LogP contribution in [0.1, 0.15) is 5.56 Å². The summed E-state index contributed by atoms with van der Waals surface area (Å²) in [6.45, 7) is -0.154. The van der Waals surface area contributed by atoms with E-state index < -0.39 is 18.5 Å². The minimum atomic E-state index is -1.16. The van der Waals surface area contributed by atoms with Crippen LogP contribution in [0.3, 0.4) is 0 Å². The van der Waals surface area contributed by atoms with Crippen LogP contribution in [0.5, 0.6) is 11.5 Å². The number of carboxylic acid groups (broad SMARTS) is 1. The molecular formula is C16H16ClNO7S. The van der Waals surface area contributed by atoms with Crippen LogP contribution in [0.15, 0.2) is 17.0 Å². The Kier molecular flexibility index (Phi) is 6.90. The van der Waals surface area contributed by atoms with E-state index in [2.05, 4.69) is 0 Å². The van der Waals surface area contributed by atoms with E-state index >= 15 is 0 Å². The monoisotopic (exact) mass is 401 g/mol. The molecule has 10 heteroatoms. The number of imide groups is 1. The molecule has 0 aromatic heterocycles. The molecule has 1 aromatic carbocycles. The Morgan fingerprint density at radius 1 is 1.35 bits per heavy atom. The number of carboxylic acids is 1. The Balaban J connectivity index is 2.27. The number of hydrogen-bond donors (Lipinski definition) is 1. The average Bonchev–Trinajstić information content (AvgIpc) is 2.85. The quantitative estimate of drug-likeness (QED) is 0.663. The Morgan fingerprint density at radius 3 is 2.69 bits per heavy atom. The second kappa shape index (κ2) is 8.93. The van der Waals surface area contributed by atoms with Crippen molar-refractivity contribution in [1.82, 2.24) is 4.90 Å². The first-order chi connectivity index (χ1) is 12.4. The molecule has 0 radical (unpaired) electrons. The third-order valence-corrected chi connectivity index (χ3v) is 4.47. The average molecular weight is 402 g/mol. The number of aliphatic carboxylic acids is 1. The molecular weight excluding hydrogens is 386 g/mol. The summed E-state index contributed by atoms with van der Waals surface area (Å²) in [5, 5.41) is 8.45. The van der Waals surface area contributed by atoms with Crippen LogP contribution in [-0.2, 0) is 14.3 Å². The van der Waals surface area contributed by atoms with Gasteiger partial charge in [-0.3, -0.25) is 14.5 Å². The number of ether oxygens (including phenoxy) is 3. The number of carbonyl (C=O) groups excluding carboxylic acids is 2. The van der Waals surface area contributed by atoms with Crippen molar-refractivity contribution in [1.29, 1.82) is 0 Å². The Labute approximate surface area is 158 Å². The molecule has 1 aliphatic heterocycles. The summed E-state index contributed by atoms with van der Waals surface area (Å²) < 4.78 is 15.2. The van der Waals surface area contributed by atoms with Gasteiger partial charge < -0.3 is 19.3 Å². The molecule has 1 heterocycles. The molecule has 1 aliphatic rings. The normalized spacial score (nSPS) is 15.7. The molecule has 1 N–H and O–H groups in total. The van der Waals surface area contributed by atoms with E-state index in [0.717, 1.165) is 16.7 Å². The lowest BCUT2D eigenvalue weighted by Crippen LogP contribution is -2.31. The molecule has 0 atom stereocenters. The van der Waals surface area contributed by atoms with Gasteiger partial charge in [0.1, 0.15) is 0 Å². The molecule has 1 aromatic rings. The summed E-state index contributed by atoms with van der Waals surface area (Å²) in [6, 6.07) is 3.02. The fourth-order valence-electron chi connectivity index (χ4n) is 2.12. The fourth-order valence-corrected chi connectivity index (χ4v) is 3.26. The number of nitrogens with zero attached hydrogens (tertiary/aromatic N) is 1. The van der Waals surface area contributed by atoms with E-state index in [1.807, 2.05) is 0 Å². The van der Waals surface area contributed by atoms with E-state index in [-0.39, 0.29) is 39.8 Å². The maximum Gasteiger partial charge on any atom is 0.341 e. The van der Waals surface area contributed by atoms with Crippen LogP contribution in [0, 0.1) is 0 Å². The summed E-state index contributed by atoms with van der Waals surface area (Å²) in [6.07, 6.45) is 1.51. The van der Waals surface area contributed by atoms with Crippen molar-refractivity contribution < 1.29 is 33.7 Å². The standard InChI is InChI=1S/C16H16ClNO7S/c1-23-4-3-18-15(21)12(26-16(18)22)7-9-5-10(17)14(11(6-9)24-2)25-8-13(19)20/h5-7H,3-4,8H2,1-2H3,(H,19,20)/b12-7+. The molecule has 8 nitrogen and oxygen atoms in total. The SMILES string of the molecule is COCCN1C(=O)S/C(=C/c2cc(Cl)c(OCC(=O)O)c(OC)c2)C1=O. The van der Waals surface area contributed by atoms with E-state index in [1.54, 1.807) is 0 Å². The van der Waals surface area contributed by atoms with Crippen LogP contribution in [0.2, 0.25) is 5.02 Å². The molecule has 1 saturated heterocycles. The maximum absolute atomic E-state index is 12.3. The number of thioether (sulfide) groups is 1. The van der Waals surface area contributed by atoms with E-state index in [4.69, 9.17) is 30.9 Å². The molecule has 0 aliphatic carbocycles. The van der Waals surface area contributed by atoms with Gasteiger partial charge in [0.15, 0.2) is 18.1 Å². The number of halogens is 1. The minimum Gasteiger partial charge on any atom is -0.493 e. The van der Waals surface area contributed by atoms with Crippen molar-refractivity contribution >= 4 is 46.6 Å². The number of carbonyl (C=O) groups is 3. The van der Waals surface area contributed by atoms with Gasteiger partial charge in [0, 0.05) is 7.11 Å². The predicted molar refractivity (Wildman–Crippen MR) is 95.7 cm³/mol. The zero-order valence-corrected chi connectivity index (χ0v) is 15.6. The molecule has 2 amide bonds. The number of methoxy groups -OCH3 is 2. The van der Waals surface area contributed by atoms with E-state index in [0.29, 0.717) is 5.56 Å². The summed E-state index contributed by atoms with van der Waals surface area (Å²) in [4.78, 5) is 36.2. The minimum absolute atomic E-state index is 0.0851. The fraction of sp³-hybridized carbons (Fsp3) is 0.312. The van der Waals surface area contributed by atoms with Gasteiger partial charge in [-0.15, -0.1) is 0 Å². The molecule has 1 fully saturated rings. The molecule has 0 bridgehead atoms. The van der Waals surface area contributed by atoms with Gasteiger partial charge in [0.2, 0.25) is 0 Å². The van der Waals surface area contributed by atoms with Crippen LogP contribution in [0.25, 0.3) is 6.08 Å². The molecule has 26 heavy (non-hydrogen) atoms. The van der Waals surface area contributed by atoms with Crippen LogP contribution < -0.4 is 9.47 Å². The molecule has 0 saturated carbocycles. The lowest BCUT2D eigenvalue weighted by Gasteiger charge is -2.12. The maximum atomic E-state index is 12.3. The van der Waals surface area contributed by atoms with Crippen LogP contribution in [-0.4, -0.2) is 61.1 Å². The zero-order valence-electron chi connectivity index (χ0n) is 14.0. The lowest BCUT2D eigenvalue weighted by atomic mass is 10.1. The smallest absolute Gasteiger partial charge is 0.341 e. The van der Waals surface area contributed by atoms with Gasteiger partial charge in [-0.25, -0.2) is 4.79 Å². The van der Waals surface area contributed by atoms with Gasteiger partial charge in [-0.2, -0.15) is 0 Å². The number of amides is 2. The lowest BCUT2D eigenvalue weighted by molar-refractivity contribution is -0.139. The van der Waals surface area contributed by atoms with Crippen molar-refractivity contribution in [2.75, 3.05) is 34.0 Å². The van der Waals surface area contributed by atoms with E-state index in [9.17, 15) is 14.4 Å². The van der Waals surface area contributed by atoms with Crippen molar-refractivity contribution in [3.05, 3.63) is 27.6 Å². The van der Waals surface area contributed by atoms with Crippen molar-refractivity contribution in [2.45, 2.75) is 0 Å². The van der Waals surface area contributed by atoms with Gasteiger partial charge >= 0.3 is 5.97 Å². The Bertz CT molecular complexity index is 765. The predicted octanol–water partition coefficient (Wildman–Crippen LogP) is 2.49. The highest BCUT2D eigenvalue weighted by molar-refractivity contribution is 8.18. The highest BCUT2D eigenvalue weighted by Gasteiger charge is 2.34. The van der Waals surface area contributed by atoms with Crippen molar-refractivity contribution in [3.8, 4) is 11.5 Å². The largest absolute Gasteiger partial charge is 0.493 e. The molecule has 2 rings (SSSR count). The second-order valence-electron chi connectivity index (χ2n) is 5.04. The number of rotatable bonds is 8. The van der Waals surface area contributed by atoms with Gasteiger partial charge in [0.05, 0.1) is 30.2 Å². The first-order valence-corrected chi connectivity index (χ1v) is 8.53. The zero-order chi connectivity index (χ0) is 19.3. The molecule has 0 spiro atoms. The molecule has 0 unspecified atom stereocenters. The highest BCUT2D eigenvalue weighted by Crippen LogP contribution is 2.38. The van der Waals surface area contributed by atoms with Crippen LogP contribution in [0.4, 0.5) is 4.79 Å². The first-order valence-electron chi connectivity index (χ1n) is 7.33. The molecule has 140 valence electrons. The van der Waals surface area contributed by atoms with Gasteiger partial charge in [-0.05, 0) is 35.5 Å². The second-order valence-corrected chi connectivity index (χ2v) is 6.44. The van der Waals surface area contributed by atoms with Gasteiger partial charge in [0.25, 0.3) is 11.1 Å². The van der Waals surface area contributed by atoms with Crippen LogP contribution >= 0.6 is 23.4 Å². The topological polar surface area (TPSA) is 102 Å². The highest BCUT2D eigenvalue weighted by atomic mass is 35.5. The summed E-state index contributed by atoms with van der Waals surface area (Å²) in [5.41, 5.74) is 0.506. The summed E-state index contributed by atoms with van der Waals surface area (Å²) >= 11 is 6.95. The van der Waals surface area contributed by atoms with Crippen molar-refractivity contribution in [2.24, 2.45) is 0 Å². The number of hydrogen-bond acceptors (Lipinski definition) is 7. The van der Waals surface area contributed by atoms with Crippen molar-refractivity contribution in [3.63, 3.8) is 0 Å². The first kappa shape index (κ1) is 20.1. The Hall–Kier alpha value is -2.23. The Morgan fingerprint density at radius 2 is 2.08 bits per heavy atom. The van der Waals surface area contributed by atoms with E-state index in [1.165, 1.54) is 32.4 Å². The summed E-state index contributed by atoms with van der Waals surface area (Å²) in [7, 11) is 2.86.